The number of aromatic carboxylic acids is 1. The van der Waals surface area contributed by atoms with Crippen molar-refractivity contribution in [3.63, 3.8) is 0 Å². The highest BCUT2D eigenvalue weighted by atomic mass is 32.2. The van der Waals surface area contributed by atoms with Crippen molar-refractivity contribution in [1.29, 1.82) is 0 Å². The van der Waals surface area contributed by atoms with Gasteiger partial charge in [-0.25, -0.2) is 4.79 Å². The zero-order valence-corrected chi connectivity index (χ0v) is 15.7. The van der Waals surface area contributed by atoms with E-state index in [-0.39, 0.29) is 26.9 Å². The second-order valence-electron chi connectivity index (χ2n) is 5.85. The van der Waals surface area contributed by atoms with E-state index in [4.69, 9.17) is 17.3 Å². The molecule has 0 atom stereocenters. The maximum atomic E-state index is 13.2. The lowest BCUT2D eigenvalue weighted by molar-refractivity contribution is -0.138. The van der Waals surface area contributed by atoms with Gasteiger partial charge in [0.15, 0.2) is 0 Å². The molecule has 0 saturated carbocycles. The second kappa shape index (κ2) is 7.76. The Balaban J connectivity index is 1.84. The van der Waals surface area contributed by atoms with Gasteiger partial charge in [0.05, 0.1) is 22.6 Å². The van der Waals surface area contributed by atoms with Crippen LogP contribution in [0.15, 0.2) is 53.4 Å². The molecule has 1 aliphatic rings. The summed E-state index contributed by atoms with van der Waals surface area (Å²) in [6.45, 7) is -0.282. The topological polar surface area (TPSA) is 57.6 Å². The number of halogens is 3. The Labute approximate surface area is 167 Å². The molecule has 2 aromatic carbocycles. The van der Waals surface area contributed by atoms with E-state index in [1.807, 2.05) is 0 Å². The molecule has 0 unspecified atom stereocenters. The average Bonchev–Trinajstić information content (AvgIpc) is 2.89. The van der Waals surface area contributed by atoms with E-state index in [0.717, 1.165) is 22.7 Å². The molecule has 0 spiro atoms. The fourth-order valence-corrected chi connectivity index (χ4v) is 3.87. The number of nitrogens with zero attached hydrogens (tertiary/aromatic N) is 1. The standard InChI is InChI=1S/C19H12F3NO3S2/c20-19(21,22)14-4-2-1-3-13(14)10-23-16(24)15(28-18(23)27)9-11-5-7-12(8-6-11)17(25)26/h1-9H,10H2,(H,25,26)/b15-9-. The summed E-state index contributed by atoms with van der Waals surface area (Å²) in [5.41, 5.74) is -0.162. The Morgan fingerprint density at radius 3 is 2.39 bits per heavy atom. The summed E-state index contributed by atoms with van der Waals surface area (Å²) < 4.78 is 39.7. The van der Waals surface area contributed by atoms with Crippen LogP contribution in [0.5, 0.6) is 0 Å². The molecular weight excluding hydrogens is 411 g/mol. The zero-order valence-electron chi connectivity index (χ0n) is 14.1. The van der Waals surface area contributed by atoms with Crippen molar-refractivity contribution in [3.8, 4) is 0 Å². The molecule has 1 fully saturated rings. The van der Waals surface area contributed by atoms with Crippen molar-refractivity contribution in [2.24, 2.45) is 0 Å². The molecule has 2 aromatic rings. The van der Waals surface area contributed by atoms with Crippen molar-refractivity contribution in [2.75, 3.05) is 0 Å². The minimum atomic E-state index is -4.53. The minimum absolute atomic E-state index is 0.0432. The van der Waals surface area contributed by atoms with E-state index >= 15 is 0 Å². The van der Waals surface area contributed by atoms with E-state index in [0.29, 0.717) is 5.56 Å². The van der Waals surface area contributed by atoms with Crippen LogP contribution in [0.25, 0.3) is 6.08 Å². The summed E-state index contributed by atoms with van der Waals surface area (Å²) in [7, 11) is 0. The van der Waals surface area contributed by atoms with Gasteiger partial charge in [-0.3, -0.25) is 9.69 Å². The minimum Gasteiger partial charge on any atom is -0.478 e. The summed E-state index contributed by atoms with van der Waals surface area (Å²) >= 11 is 6.16. The number of carbonyl (C=O) groups is 2. The van der Waals surface area contributed by atoms with Gasteiger partial charge in [0.25, 0.3) is 5.91 Å². The molecule has 1 heterocycles. The first-order chi connectivity index (χ1) is 13.2. The largest absolute Gasteiger partial charge is 0.478 e. The summed E-state index contributed by atoms with van der Waals surface area (Å²) in [6.07, 6.45) is -3.00. The lowest BCUT2D eigenvalue weighted by atomic mass is 10.1. The summed E-state index contributed by atoms with van der Waals surface area (Å²) in [5.74, 6) is -1.56. The molecule has 28 heavy (non-hydrogen) atoms. The summed E-state index contributed by atoms with van der Waals surface area (Å²) in [4.78, 5) is 24.9. The van der Waals surface area contributed by atoms with Gasteiger partial charge in [-0.05, 0) is 35.4 Å². The highest BCUT2D eigenvalue weighted by Crippen LogP contribution is 2.36. The van der Waals surface area contributed by atoms with Crippen LogP contribution in [-0.2, 0) is 17.5 Å². The molecule has 9 heteroatoms. The molecule has 0 aliphatic carbocycles. The molecular formula is C19H12F3NO3S2. The number of alkyl halides is 3. The summed E-state index contributed by atoms with van der Waals surface area (Å²) in [6, 6.07) is 10.9. The smallest absolute Gasteiger partial charge is 0.416 e. The SMILES string of the molecule is O=C(O)c1ccc(/C=C2\SC(=S)N(Cc3ccccc3C(F)(F)F)C2=O)cc1. The molecule has 3 rings (SSSR count). The Morgan fingerprint density at radius 1 is 1.14 bits per heavy atom. The van der Waals surface area contributed by atoms with Crippen molar-refractivity contribution in [3.05, 3.63) is 75.7 Å². The maximum Gasteiger partial charge on any atom is 0.416 e. The quantitative estimate of drug-likeness (QED) is 0.565. The highest BCUT2D eigenvalue weighted by Gasteiger charge is 2.36. The Hall–Kier alpha value is -2.65. The number of hydrogen-bond acceptors (Lipinski definition) is 4. The molecule has 0 radical (unpaired) electrons. The molecule has 0 aromatic heterocycles. The number of hydrogen-bond donors (Lipinski definition) is 1. The van der Waals surface area contributed by atoms with E-state index < -0.39 is 23.6 Å². The van der Waals surface area contributed by atoms with Crippen molar-refractivity contribution in [1.82, 2.24) is 4.90 Å². The van der Waals surface area contributed by atoms with Crippen LogP contribution in [-0.4, -0.2) is 26.2 Å². The van der Waals surface area contributed by atoms with Crippen LogP contribution in [0.2, 0.25) is 0 Å². The van der Waals surface area contributed by atoms with Crippen LogP contribution in [0.4, 0.5) is 13.2 Å². The van der Waals surface area contributed by atoms with Gasteiger partial charge in [-0.2, -0.15) is 13.2 Å². The Morgan fingerprint density at radius 2 is 1.79 bits per heavy atom. The number of carboxylic acid groups (broad SMARTS) is 1. The normalized spacial score (nSPS) is 16.1. The highest BCUT2D eigenvalue weighted by molar-refractivity contribution is 8.26. The van der Waals surface area contributed by atoms with Crippen LogP contribution in [0, 0.1) is 0 Å². The third-order valence-electron chi connectivity index (χ3n) is 3.98. The molecule has 144 valence electrons. The predicted octanol–water partition coefficient (Wildman–Crippen LogP) is 4.81. The molecule has 0 bridgehead atoms. The molecule has 1 N–H and O–H groups in total. The number of rotatable bonds is 4. The Kier molecular flexibility index (Phi) is 5.57. The van der Waals surface area contributed by atoms with Crippen molar-refractivity contribution in [2.45, 2.75) is 12.7 Å². The first-order valence-corrected chi connectivity index (χ1v) is 9.13. The number of benzene rings is 2. The number of amides is 1. The fourth-order valence-electron chi connectivity index (χ4n) is 2.61. The predicted molar refractivity (Wildman–Crippen MR) is 104 cm³/mol. The van der Waals surface area contributed by atoms with E-state index in [1.54, 1.807) is 0 Å². The number of carboxylic acids is 1. The first kappa shape index (κ1) is 20.1. The fraction of sp³-hybridized carbons (Fsp3) is 0.105. The van der Waals surface area contributed by atoms with Crippen molar-refractivity contribution >= 4 is 46.3 Å². The van der Waals surface area contributed by atoms with E-state index in [1.165, 1.54) is 48.5 Å². The van der Waals surface area contributed by atoms with Crippen LogP contribution in [0.3, 0.4) is 0 Å². The van der Waals surface area contributed by atoms with Crippen molar-refractivity contribution < 1.29 is 27.9 Å². The second-order valence-corrected chi connectivity index (χ2v) is 7.53. The van der Waals surface area contributed by atoms with Crippen LogP contribution >= 0.6 is 24.0 Å². The van der Waals surface area contributed by atoms with E-state index in [9.17, 15) is 22.8 Å². The van der Waals surface area contributed by atoms with Gasteiger partial charge in [-0.1, -0.05) is 54.3 Å². The molecule has 1 amide bonds. The van der Waals surface area contributed by atoms with Gasteiger partial charge in [0, 0.05) is 0 Å². The third-order valence-corrected chi connectivity index (χ3v) is 5.36. The van der Waals surface area contributed by atoms with Gasteiger partial charge in [0.2, 0.25) is 0 Å². The summed E-state index contributed by atoms with van der Waals surface area (Å²) in [5, 5.41) is 8.91. The zero-order chi connectivity index (χ0) is 20.5. The van der Waals surface area contributed by atoms with E-state index in [2.05, 4.69) is 0 Å². The average molecular weight is 423 g/mol. The maximum absolute atomic E-state index is 13.2. The number of thioether (sulfide) groups is 1. The van der Waals surface area contributed by atoms with Crippen LogP contribution in [0.1, 0.15) is 27.0 Å². The molecule has 1 saturated heterocycles. The van der Waals surface area contributed by atoms with Gasteiger partial charge in [0.1, 0.15) is 4.32 Å². The van der Waals surface area contributed by atoms with Gasteiger partial charge < -0.3 is 5.11 Å². The lowest BCUT2D eigenvalue weighted by Crippen LogP contribution is -2.28. The molecule has 4 nitrogen and oxygen atoms in total. The van der Waals surface area contributed by atoms with Crippen LogP contribution < -0.4 is 0 Å². The molecule has 1 aliphatic heterocycles. The first-order valence-electron chi connectivity index (χ1n) is 7.90. The van der Waals surface area contributed by atoms with Gasteiger partial charge in [-0.15, -0.1) is 0 Å². The number of carbonyl (C=O) groups excluding carboxylic acids is 1. The lowest BCUT2D eigenvalue weighted by Gasteiger charge is -2.18. The monoisotopic (exact) mass is 423 g/mol. The number of thiocarbonyl (C=S) groups is 1. The Bertz CT molecular complexity index is 985. The van der Waals surface area contributed by atoms with Gasteiger partial charge >= 0.3 is 12.1 Å². The third kappa shape index (κ3) is 4.26.